The Morgan fingerprint density at radius 1 is 1.14 bits per heavy atom. The summed E-state index contributed by atoms with van der Waals surface area (Å²) >= 11 is 0. The van der Waals surface area contributed by atoms with Gasteiger partial charge in [-0.3, -0.25) is 4.98 Å². The average molecular weight is 280 g/mol. The smallest absolute Gasteiger partial charge is 0.374 e. The minimum Gasteiger partial charge on any atom is -0.475 e. The zero-order valence-corrected chi connectivity index (χ0v) is 11.0. The predicted molar refractivity (Wildman–Crippen MR) is 78.1 cm³/mol. The van der Waals surface area contributed by atoms with E-state index < -0.39 is 5.97 Å². The lowest BCUT2D eigenvalue weighted by molar-refractivity contribution is 0.0684. The predicted octanol–water partition coefficient (Wildman–Crippen LogP) is 2.34. The van der Waals surface area contributed by atoms with Gasteiger partial charge in [0, 0.05) is 24.3 Å². The fourth-order valence-electron chi connectivity index (χ4n) is 2.00. The van der Waals surface area contributed by atoms with E-state index in [9.17, 15) is 4.79 Å². The van der Waals surface area contributed by atoms with E-state index in [-0.39, 0.29) is 5.82 Å². The SMILES string of the molecule is O=C(O)c1nc(NCc2cccnc2)c2ccccc2n1. The van der Waals surface area contributed by atoms with Gasteiger partial charge in [-0.2, -0.15) is 0 Å². The van der Waals surface area contributed by atoms with E-state index in [1.165, 1.54) is 0 Å². The fourth-order valence-corrected chi connectivity index (χ4v) is 2.00. The number of carbonyl (C=O) groups is 1. The van der Waals surface area contributed by atoms with Crippen molar-refractivity contribution in [2.45, 2.75) is 6.54 Å². The van der Waals surface area contributed by atoms with Crippen LogP contribution in [0.5, 0.6) is 0 Å². The molecule has 0 saturated heterocycles. The van der Waals surface area contributed by atoms with E-state index in [0.717, 1.165) is 10.9 Å². The van der Waals surface area contributed by atoms with Gasteiger partial charge in [0.05, 0.1) is 5.52 Å². The standard InChI is InChI=1S/C15H12N4O2/c20-15(21)14-18-12-6-2-1-5-11(12)13(19-14)17-9-10-4-3-7-16-8-10/h1-8H,9H2,(H,20,21)(H,17,18,19). The summed E-state index contributed by atoms with van der Waals surface area (Å²) in [6, 6.07) is 11.1. The van der Waals surface area contributed by atoms with Crippen molar-refractivity contribution in [2.75, 3.05) is 5.32 Å². The van der Waals surface area contributed by atoms with Crippen molar-refractivity contribution in [3.8, 4) is 0 Å². The summed E-state index contributed by atoms with van der Waals surface area (Å²) in [7, 11) is 0. The van der Waals surface area contributed by atoms with Crippen molar-refractivity contribution in [1.82, 2.24) is 15.0 Å². The number of fused-ring (bicyclic) bond motifs is 1. The first kappa shape index (κ1) is 13.0. The summed E-state index contributed by atoms with van der Waals surface area (Å²) in [5, 5.41) is 13.0. The van der Waals surface area contributed by atoms with Crippen molar-refractivity contribution in [3.63, 3.8) is 0 Å². The third-order valence-electron chi connectivity index (χ3n) is 2.98. The number of hydrogen-bond donors (Lipinski definition) is 2. The number of carboxylic acids is 1. The topological polar surface area (TPSA) is 88.0 Å². The molecule has 0 unspecified atom stereocenters. The van der Waals surface area contributed by atoms with Crippen LogP contribution in [0.1, 0.15) is 16.2 Å². The van der Waals surface area contributed by atoms with E-state index in [0.29, 0.717) is 17.9 Å². The highest BCUT2D eigenvalue weighted by Crippen LogP contribution is 2.20. The molecule has 2 N–H and O–H groups in total. The highest BCUT2D eigenvalue weighted by Gasteiger charge is 2.12. The van der Waals surface area contributed by atoms with Gasteiger partial charge in [-0.05, 0) is 23.8 Å². The molecule has 0 amide bonds. The lowest BCUT2D eigenvalue weighted by Gasteiger charge is -2.09. The van der Waals surface area contributed by atoms with E-state index in [2.05, 4.69) is 20.3 Å². The first-order chi connectivity index (χ1) is 10.2. The fraction of sp³-hybridized carbons (Fsp3) is 0.0667. The molecule has 21 heavy (non-hydrogen) atoms. The van der Waals surface area contributed by atoms with E-state index in [4.69, 9.17) is 5.11 Å². The van der Waals surface area contributed by atoms with Gasteiger partial charge in [0.25, 0.3) is 0 Å². The molecule has 6 heteroatoms. The van der Waals surface area contributed by atoms with Gasteiger partial charge >= 0.3 is 5.97 Å². The van der Waals surface area contributed by atoms with Gasteiger partial charge in [0.15, 0.2) is 0 Å². The van der Waals surface area contributed by atoms with Crippen LogP contribution >= 0.6 is 0 Å². The Balaban J connectivity index is 1.98. The van der Waals surface area contributed by atoms with E-state index in [1.807, 2.05) is 30.3 Å². The minimum atomic E-state index is -1.15. The summed E-state index contributed by atoms with van der Waals surface area (Å²) in [5.74, 6) is -0.866. The lowest BCUT2D eigenvalue weighted by atomic mass is 10.2. The second kappa shape index (κ2) is 5.54. The Hall–Kier alpha value is -3.02. The van der Waals surface area contributed by atoms with Crippen LogP contribution in [-0.2, 0) is 6.54 Å². The maximum absolute atomic E-state index is 11.1. The molecule has 2 aromatic heterocycles. The van der Waals surface area contributed by atoms with Crippen LogP contribution in [-0.4, -0.2) is 26.0 Å². The van der Waals surface area contributed by atoms with Crippen LogP contribution in [0.15, 0.2) is 48.8 Å². The molecule has 104 valence electrons. The number of nitrogens with zero attached hydrogens (tertiary/aromatic N) is 3. The number of carboxylic acid groups (broad SMARTS) is 1. The number of aromatic carboxylic acids is 1. The molecule has 0 atom stereocenters. The third kappa shape index (κ3) is 2.79. The molecule has 1 aromatic carbocycles. The first-order valence-corrected chi connectivity index (χ1v) is 6.37. The molecule has 0 saturated carbocycles. The number of benzene rings is 1. The van der Waals surface area contributed by atoms with Crippen LogP contribution in [0.2, 0.25) is 0 Å². The molecule has 0 aliphatic carbocycles. The molecule has 0 aliphatic rings. The number of pyridine rings is 1. The zero-order chi connectivity index (χ0) is 14.7. The normalized spacial score (nSPS) is 10.5. The first-order valence-electron chi connectivity index (χ1n) is 6.37. The third-order valence-corrected chi connectivity index (χ3v) is 2.98. The number of aromatic nitrogens is 3. The average Bonchev–Trinajstić information content (AvgIpc) is 2.53. The highest BCUT2D eigenvalue weighted by molar-refractivity contribution is 5.93. The van der Waals surface area contributed by atoms with Crippen molar-refractivity contribution in [3.05, 3.63) is 60.2 Å². The molecule has 3 rings (SSSR count). The number of para-hydroxylation sites is 1. The van der Waals surface area contributed by atoms with Gasteiger partial charge in [0.1, 0.15) is 5.82 Å². The van der Waals surface area contributed by atoms with Gasteiger partial charge in [0.2, 0.25) is 5.82 Å². The van der Waals surface area contributed by atoms with Crippen LogP contribution in [0.4, 0.5) is 5.82 Å². The summed E-state index contributed by atoms with van der Waals surface area (Å²) in [4.78, 5) is 23.2. The largest absolute Gasteiger partial charge is 0.475 e. The molecule has 3 aromatic rings. The molecule has 0 spiro atoms. The number of rotatable bonds is 4. The Labute approximate surface area is 120 Å². The van der Waals surface area contributed by atoms with Crippen molar-refractivity contribution in [1.29, 1.82) is 0 Å². The van der Waals surface area contributed by atoms with Gasteiger partial charge in [-0.15, -0.1) is 0 Å². The van der Waals surface area contributed by atoms with Gasteiger partial charge in [-0.25, -0.2) is 14.8 Å². The van der Waals surface area contributed by atoms with E-state index >= 15 is 0 Å². The molecule has 0 radical (unpaired) electrons. The molecular formula is C15H12N4O2. The minimum absolute atomic E-state index is 0.220. The Morgan fingerprint density at radius 2 is 2.00 bits per heavy atom. The van der Waals surface area contributed by atoms with Crippen molar-refractivity contribution >= 4 is 22.7 Å². The van der Waals surface area contributed by atoms with Crippen molar-refractivity contribution in [2.24, 2.45) is 0 Å². The Morgan fingerprint density at radius 3 is 2.76 bits per heavy atom. The maximum Gasteiger partial charge on any atom is 0.374 e. The van der Waals surface area contributed by atoms with Crippen LogP contribution in [0, 0.1) is 0 Å². The van der Waals surface area contributed by atoms with Gasteiger partial charge < -0.3 is 10.4 Å². The van der Waals surface area contributed by atoms with Crippen LogP contribution < -0.4 is 5.32 Å². The van der Waals surface area contributed by atoms with Gasteiger partial charge in [-0.1, -0.05) is 18.2 Å². The number of hydrogen-bond acceptors (Lipinski definition) is 5. The highest BCUT2D eigenvalue weighted by atomic mass is 16.4. The lowest BCUT2D eigenvalue weighted by Crippen LogP contribution is -2.09. The summed E-state index contributed by atoms with van der Waals surface area (Å²) < 4.78 is 0. The Kier molecular flexibility index (Phi) is 3.42. The van der Waals surface area contributed by atoms with E-state index in [1.54, 1.807) is 18.5 Å². The second-order valence-electron chi connectivity index (χ2n) is 4.43. The molecule has 0 aliphatic heterocycles. The number of nitrogens with one attached hydrogen (secondary N) is 1. The Bertz CT molecular complexity index is 790. The van der Waals surface area contributed by atoms with Crippen LogP contribution in [0.3, 0.4) is 0 Å². The van der Waals surface area contributed by atoms with Crippen LogP contribution in [0.25, 0.3) is 10.9 Å². The molecule has 6 nitrogen and oxygen atoms in total. The monoisotopic (exact) mass is 280 g/mol. The molecular weight excluding hydrogens is 268 g/mol. The summed E-state index contributed by atoms with van der Waals surface area (Å²) in [5.41, 5.74) is 1.58. The molecule has 0 fully saturated rings. The summed E-state index contributed by atoms with van der Waals surface area (Å²) in [6.07, 6.45) is 3.45. The summed E-state index contributed by atoms with van der Waals surface area (Å²) in [6.45, 7) is 0.508. The number of anilines is 1. The maximum atomic E-state index is 11.1. The molecule has 0 bridgehead atoms. The quantitative estimate of drug-likeness (QED) is 0.762. The zero-order valence-electron chi connectivity index (χ0n) is 11.0. The second-order valence-corrected chi connectivity index (χ2v) is 4.43. The molecule has 2 heterocycles. The van der Waals surface area contributed by atoms with Crippen molar-refractivity contribution < 1.29 is 9.90 Å².